The predicted octanol–water partition coefficient (Wildman–Crippen LogP) is 6.12. The third-order valence-electron chi connectivity index (χ3n) is 10.7. The number of aromatic nitrogens is 6. The zero-order valence-electron chi connectivity index (χ0n) is 28.8. The summed E-state index contributed by atoms with van der Waals surface area (Å²) in [6, 6.07) is 5.39. The second-order valence-electron chi connectivity index (χ2n) is 14.7. The summed E-state index contributed by atoms with van der Waals surface area (Å²) < 4.78 is 25.9. The van der Waals surface area contributed by atoms with Crippen LogP contribution in [0.5, 0.6) is 11.6 Å². The summed E-state index contributed by atoms with van der Waals surface area (Å²) in [5.41, 5.74) is 2.50. The Morgan fingerprint density at radius 1 is 1.10 bits per heavy atom. The minimum absolute atomic E-state index is 0.182. The first-order valence-corrected chi connectivity index (χ1v) is 18.3. The highest BCUT2D eigenvalue weighted by molar-refractivity contribution is 7.17. The molecule has 2 aliphatic carbocycles. The van der Waals surface area contributed by atoms with Crippen LogP contribution in [0.4, 0.5) is 15.3 Å². The van der Waals surface area contributed by atoms with Gasteiger partial charge in [-0.2, -0.15) is 0 Å². The van der Waals surface area contributed by atoms with Gasteiger partial charge < -0.3 is 19.7 Å². The van der Waals surface area contributed by atoms with Gasteiger partial charge in [0.15, 0.2) is 10.9 Å². The average Bonchev–Trinajstić information content (AvgIpc) is 3.65. The maximum atomic E-state index is 14.6. The molecule has 1 spiro atoms. The molecule has 4 aromatic rings. The molecule has 262 valence electrons. The molecule has 0 bridgehead atoms. The number of halogens is 1. The van der Waals surface area contributed by atoms with Crippen molar-refractivity contribution >= 4 is 28.3 Å². The fourth-order valence-corrected chi connectivity index (χ4v) is 9.06. The predicted molar refractivity (Wildman–Crippen MR) is 187 cm³/mol. The van der Waals surface area contributed by atoms with E-state index in [-0.39, 0.29) is 17.2 Å². The van der Waals surface area contributed by atoms with Gasteiger partial charge in [0.25, 0.3) is 5.88 Å². The van der Waals surface area contributed by atoms with Gasteiger partial charge in [0, 0.05) is 66.9 Å². The summed E-state index contributed by atoms with van der Waals surface area (Å²) in [7, 11) is 1.39. The molecule has 0 radical (unpaired) electrons. The number of thiazole rings is 1. The number of ether oxygens (including phenoxy) is 2. The number of likely N-dealkylation sites (tertiary alicyclic amines) is 1. The third kappa shape index (κ3) is 6.39. The maximum Gasteiger partial charge on any atom is 0.349 e. The van der Waals surface area contributed by atoms with E-state index in [0.717, 1.165) is 74.7 Å². The van der Waals surface area contributed by atoms with Crippen LogP contribution in [0.15, 0.2) is 36.9 Å². The first kappa shape index (κ1) is 32.9. The van der Waals surface area contributed by atoms with E-state index in [1.807, 2.05) is 6.92 Å². The van der Waals surface area contributed by atoms with Crippen LogP contribution < -0.4 is 15.0 Å². The molecule has 8 rings (SSSR count). The SMILES string of the molecule is COC(=O)c1cnc(NC2CC([C@@H](C(C)C)N3CC4(CCN(c5ncnnc5Oc5ccc(F)cc5-c5cnc(C)nc5C5CC5)C4)C3)C2)s1. The van der Waals surface area contributed by atoms with Gasteiger partial charge in [0.1, 0.15) is 28.6 Å². The van der Waals surface area contributed by atoms with E-state index in [9.17, 15) is 9.18 Å². The second-order valence-corrected chi connectivity index (χ2v) is 15.8. The minimum Gasteiger partial charge on any atom is -0.465 e. The molecule has 1 atom stereocenters. The minimum atomic E-state index is -0.356. The van der Waals surface area contributed by atoms with Crippen LogP contribution >= 0.6 is 11.3 Å². The Kier molecular flexibility index (Phi) is 8.62. The number of nitrogens with zero attached hydrogens (tertiary/aromatic N) is 8. The number of rotatable bonds is 11. The quantitative estimate of drug-likeness (QED) is 0.181. The number of carbonyl (C=O) groups excluding carboxylic acids is 1. The zero-order chi connectivity index (χ0) is 34.6. The van der Waals surface area contributed by atoms with E-state index in [4.69, 9.17) is 14.5 Å². The summed E-state index contributed by atoms with van der Waals surface area (Å²) in [5, 5.41) is 12.7. The van der Waals surface area contributed by atoms with Gasteiger partial charge in [0.05, 0.1) is 19.0 Å². The normalized spacial score (nSPS) is 21.9. The molecule has 4 aliphatic rings. The topological polar surface area (TPSA) is 131 Å². The van der Waals surface area contributed by atoms with E-state index in [1.165, 1.54) is 36.9 Å². The molecule has 5 heterocycles. The number of hydrogen-bond acceptors (Lipinski definition) is 13. The Balaban J connectivity index is 0.925. The van der Waals surface area contributed by atoms with Gasteiger partial charge in [-0.1, -0.05) is 25.2 Å². The molecule has 50 heavy (non-hydrogen) atoms. The highest BCUT2D eigenvalue weighted by Gasteiger charge is 2.53. The standard InChI is InChI=1S/C36H42FN9O3S/c1-20(2)31(23-11-25(12-23)43-35-39-15-29(50-35)34(47)48-4)46-17-36(18-46)9-10-45(16-36)32-33(44-41-19-40-32)49-28-8-7-24(37)13-26(28)27-14-38-21(3)42-30(27)22-5-6-22/h7-8,13-15,19-20,22-23,25,31H,5-6,9-12,16-18H2,1-4H3,(H,39,43)/t23?,25?,31-/m1/s1. The number of aryl methyl sites for hydroxylation is 1. The van der Waals surface area contributed by atoms with Crippen LogP contribution in [0.3, 0.4) is 0 Å². The highest BCUT2D eigenvalue weighted by Crippen LogP contribution is 2.49. The van der Waals surface area contributed by atoms with Crippen LogP contribution in [0.25, 0.3) is 11.1 Å². The number of esters is 1. The lowest BCUT2D eigenvalue weighted by Crippen LogP contribution is -2.65. The van der Waals surface area contributed by atoms with Crippen molar-refractivity contribution in [3.63, 3.8) is 0 Å². The monoisotopic (exact) mass is 699 g/mol. The zero-order valence-corrected chi connectivity index (χ0v) is 29.6. The molecule has 1 aromatic carbocycles. The van der Waals surface area contributed by atoms with Crippen LogP contribution in [0.1, 0.15) is 73.1 Å². The summed E-state index contributed by atoms with van der Waals surface area (Å²) in [6.45, 7) is 10.3. The molecular formula is C36H42FN9O3S. The third-order valence-corrected chi connectivity index (χ3v) is 11.6. The first-order valence-electron chi connectivity index (χ1n) is 17.5. The Labute approximate surface area is 294 Å². The highest BCUT2D eigenvalue weighted by atomic mass is 32.1. The fraction of sp³-hybridized carbons (Fsp3) is 0.528. The van der Waals surface area contributed by atoms with Crippen LogP contribution in [0.2, 0.25) is 0 Å². The first-order chi connectivity index (χ1) is 24.2. The number of nitrogens with one attached hydrogen (secondary N) is 1. The maximum absolute atomic E-state index is 14.6. The summed E-state index contributed by atoms with van der Waals surface area (Å²) in [6.07, 6.45) is 10.2. The number of anilines is 2. The molecule has 0 unspecified atom stereocenters. The van der Waals surface area contributed by atoms with E-state index in [1.54, 1.807) is 18.5 Å². The van der Waals surface area contributed by atoms with Gasteiger partial charge in [0.2, 0.25) is 0 Å². The van der Waals surface area contributed by atoms with Gasteiger partial charge >= 0.3 is 5.97 Å². The molecule has 12 nitrogen and oxygen atoms in total. The van der Waals surface area contributed by atoms with Crippen molar-refractivity contribution in [1.29, 1.82) is 0 Å². The van der Waals surface area contributed by atoms with E-state index >= 15 is 0 Å². The summed E-state index contributed by atoms with van der Waals surface area (Å²) in [4.78, 5) is 35.4. The molecule has 3 aromatic heterocycles. The molecule has 2 aliphatic heterocycles. The van der Waals surface area contributed by atoms with Gasteiger partial charge in [-0.3, -0.25) is 4.90 Å². The molecule has 1 N–H and O–H groups in total. The summed E-state index contributed by atoms with van der Waals surface area (Å²) in [5.74, 6) is 2.92. The molecular weight excluding hydrogens is 658 g/mol. The van der Waals surface area contributed by atoms with Crippen LogP contribution in [-0.4, -0.2) is 86.4 Å². The smallest absolute Gasteiger partial charge is 0.349 e. The number of benzene rings is 1. The lowest BCUT2D eigenvalue weighted by Gasteiger charge is -2.57. The average molecular weight is 700 g/mol. The van der Waals surface area contributed by atoms with Gasteiger partial charge in [-0.05, 0) is 69.1 Å². The molecule has 14 heteroatoms. The van der Waals surface area contributed by atoms with Gasteiger partial charge in [-0.15, -0.1) is 10.2 Å². The Morgan fingerprint density at radius 3 is 2.68 bits per heavy atom. The largest absolute Gasteiger partial charge is 0.465 e. The van der Waals surface area contributed by atoms with Crippen molar-refractivity contribution in [2.75, 3.05) is 43.5 Å². The van der Waals surface area contributed by atoms with Crippen molar-refractivity contribution < 1.29 is 18.7 Å². The number of hydrogen-bond donors (Lipinski definition) is 1. The Bertz CT molecular complexity index is 1890. The Morgan fingerprint density at radius 2 is 1.92 bits per heavy atom. The van der Waals surface area contributed by atoms with E-state index < -0.39 is 0 Å². The number of carbonyl (C=O) groups is 1. The molecule has 2 saturated carbocycles. The van der Waals surface area contributed by atoms with E-state index in [0.29, 0.717) is 63.5 Å². The molecule has 4 fully saturated rings. The molecule has 0 amide bonds. The van der Waals surface area contributed by atoms with Crippen LogP contribution in [0, 0.1) is 30.0 Å². The van der Waals surface area contributed by atoms with Crippen molar-refractivity contribution in [2.24, 2.45) is 17.3 Å². The lowest BCUT2D eigenvalue weighted by atomic mass is 9.68. The van der Waals surface area contributed by atoms with E-state index in [2.05, 4.69) is 54.1 Å². The Hall–Kier alpha value is -4.30. The van der Waals surface area contributed by atoms with Gasteiger partial charge in [-0.25, -0.2) is 29.1 Å². The second kappa shape index (κ2) is 13.1. The lowest BCUT2D eigenvalue weighted by molar-refractivity contribution is -0.0656. The van der Waals surface area contributed by atoms with Crippen molar-refractivity contribution in [3.8, 4) is 22.8 Å². The number of methoxy groups -OCH3 is 1. The molecule has 2 saturated heterocycles. The van der Waals surface area contributed by atoms with Crippen molar-refractivity contribution in [2.45, 2.75) is 70.9 Å². The fourth-order valence-electron chi connectivity index (χ4n) is 8.24. The summed E-state index contributed by atoms with van der Waals surface area (Å²) >= 11 is 1.34. The van der Waals surface area contributed by atoms with Crippen molar-refractivity contribution in [1.82, 2.24) is 35.0 Å². The van der Waals surface area contributed by atoms with Crippen LogP contribution in [-0.2, 0) is 4.74 Å². The van der Waals surface area contributed by atoms with Crippen molar-refractivity contribution in [3.05, 3.63) is 59.1 Å².